The SMILES string of the molecule is CS(=O)CCN1CC(C(=O)O)CC1=O. The standard InChI is InChI=1S/C8H13NO4S/c1-14(13)3-2-9-5-6(8(11)12)4-7(9)10/h6H,2-5H2,1H3,(H,11,12). The highest BCUT2D eigenvalue weighted by Gasteiger charge is 2.33. The second-order valence-electron chi connectivity index (χ2n) is 3.36. The normalized spacial score (nSPS) is 23.9. The van der Waals surface area contributed by atoms with Crippen molar-refractivity contribution in [3.8, 4) is 0 Å². The van der Waals surface area contributed by atoms with Gasteiger partial charge in [-0.25, -0.2) is 0 Å². The van der Waals surface area contributed by atoms with Crippen molar-refractivity contribution in [2.75, 3.05) is 25.1 Å². The zero-order valence-electron chi connectivity index (χ0n) is 7.93. The second-order valence-corrected chi connectivity index (χ2v) is 4.91. The van der Waals surface area contributed by atoms with Crippen molar-refractivity contribution in [3.05, 3.63) is 0 Å². The summed E-state index contributed by atoms with van der Waals surface area (Å²) in [5.41, 5.74) is 0. The first-order valence-corrected chi connectivity index (χ1v) is 6.04. The largest absolute Gasteiger partial charge is 0.481 e. The zero-order valence-corrected chi connectivity index (χ0v) is 8.75. The first-order valence-electron chi connectivity index (χ1n) is 4.31. The Balaban J connectivity index is 2.44. The highest BCUT2D eigenvalue weighted by Crippen LogP contribution is 2.17. The van der Waals surface area contributed by atoms with E-state index in [0.29, 0.717) is 12.3 Å². The molecular formula is C8H13NO4S. The lowest BCUT2D eigenvalue weighted by molar-refractivity contribution is -0.141. The average Bonchev–Trinajstić information content (AvgIpc) is 2.43. The van der Waals surface area contributed by atoms with Crippen LogP contribution in [-0.2, 0) is 20.4 Å². The highest BCUT2D eigenvalue weighted by molar-refractivity contribution is 7.84. The van der Waals surface area contributed by atoms with E-state index in [1.54, 1.807) is 6.26 Å². The maximum Gasteiger partial charge on any atom is 0.308 e. The minimum absolute atomic E-state index is 0.0751. The van der Waals surface area contributed by atoms with Gasteiger partial charge in [0.05, 0.1) is 5.92 Å². The van der Waals surface area contributed by atoms with Crippen LogP contribution in [0.3, 0.4) is 0 Å². The minimum Gasteiger partial charge on any atom is -0.481 e. The number of carbonyl (C=O) groups is 2. The molecule has 0 radical (unpaired) electrons. The first kappa shape index (κ1) is 11.2. The van der Waals surface area contributed by atoms with E-state index < -0.39 is 22.7 Å². The lowest BCUT2D eigenvalue weighted by Crippen LogP contribution is -2.30. The summed E-state index contributed by atoms with van der Waals surface area (Å²) in [5.74, 6) is -1.26. The van der Waals surface area contributed by atoms with Gasteiger partial charge in [-0.05, 0) is 0 Å². The predicted octanol–water partition coefficient (Wildman–Crippen LogP) is -0.702. The van der Waals surface area contributed by atoms with Gasteiger partial charge in [0.15, 0.2) is 0 Å². The molecular weight excluding hydrogens is 206 g/mol. The molecule has 2 atom stereocenters. The number of carbonyl (C=O) groups excluding carboxylic acids is 1. The van der Waals surface area contributed by atoms with Gasteiger partial charge in [0.1, 0.15) is 0 Å². The van der Waals surface area contributed by atoms with Crippen molar-refractivity contribution in [1.29, 1.82) is 0 Å². The number of aliphatic carboxylic acids is 1. The van der Waals surface area contributed by atoms with Crippen molar-refractivity contribution in [3.63, 3.8) is 0 Å². The Morgan fingerprint density at radius 2 is 2.36 bits per heavy atom. The molecule has 0 bridgehead atoms. The molecule has 0 aromatic carbocycles. The summed E-state index contributed by atoms with van der Waals surface area (Å²) in [5, 5.41) is 8.69. The van der Waals surface area contributed by atoms with Crippen molar-refractivity contribution >= 4 is 22.7 Å². The summed E-state index contributed by atoms with van der Waals surface area (Å²) in [4.78, 5) is 23.3. The van der Waals surface area contributed by atoms with E-state index >= 15 is 0 Å². The monoisotopic (exact) mass is 219 g/mol. The third-order valence-corrected chi connectivity index (χ3v) is 2.97. The van der Waals surface area contributed by atoms with E-state index in [2.05, 4.69) is 0 Å². The summed E-state index contributed by atoms with van der Waals surface area (Å²) in [6.07, 6.45) is 1.64. The summed E-state index contributed by atoms with van der Waals surface area (Å²) >= 11 is 0. The minimum atomic E-state index is -0.940. The Labute approximate surface area is 84.5 Å². The number of hydrogen-bond donors (Lipinski definition) is 1. The first-order chi connectivity index (χ1) is 6.50. The van der Waals surface area contributed by atoms with Crippen LogP contribution in [0.25, 0.3) is 0 Å². The quantitative estimate of drug-likeness (QED) is 0.678. The molecule has 1 rings (SSSR count). The summed E-state index contributed by atoms with van der Waals surface area (Å²) in [6, 6.07) is 0. The summed E-state index contributed by atoms with van der Waals surface area (Å²) in [7, 11) is -0.940. The Kier molecular flexibility index (Phi) is 3.62. The molecule has 0 aromatic heterocycles. The average molecular weight is 219 g/mol. The van der Waals surface area contributed by atoms with Gasteiger partial charge in [-0.1, -0.05) is 0 Å². The van der Waals surface area contributed by atoms with Gasteiger partial charge in [0, 0.05) is 42.3 Å². The van der Waals surface area contributed by atoms with Crippen LogP contribution < -0.4 is 0 Å². The van der Waals surface area contributed by atoms with Gasteiger partial charge in [0.25, 0.3) is 0 Å². The smallest absolute Gasteiger partial charge is 0.308 e. The Bertz CT molecular complexity index is 279. The molecule has 5 nitrogen and oxygen atoms in total. The van der Waals surface area contributed by atoms with E-state index in [0.717, 1.165) is 0 Å². The molecule has 1 saturated heterocycles. The fraction of sp³-hybridized carbons (Fsp3) is 0.750. The maximum absolute atomic E-state index is 11.3. The molecule has 0 aromatic rings. The molecule has 1 heterocycles. The third kappa shape index (κ3) is 2.80. The van der Waals surface area contributed by atoms with Gasteiger partial charge < -0.3 is 10.0 Å². The summed E-state index contributed by atoms with van der Waals surface area (Å²) < 4.78 is 10.8. The number of likely N-dealkylation sites (tertiary alicyclic amines) is 1. The Morgan fingerprint density at radius 3 is 2.79 bits per heavy atom. The van der Waals surface area contributed by atoms with E-state index in [-0.39, 0.29) is 18.9 Å². The van der Waals surface area contributed by atoms with Gasteiger partial charge in [0.2, 0.25) is 5.91 Å². The van der Waals surface area contributed by atoms with Crippen molar-refractivity contribution in [1.82, 2.24) is 4.90 Å². The van der Waals surface area contributed by atoms with Gasteiger partial charge >= 0.3 is 5.97 Å². The van der Waals surface area contributed by atoms with E-state index in [1.807, 2.05) is 0 Å². The lowest BCUT2D eigenvalue weighted by atomic mass is 10.1. The van der Waals surface area contributed by atoms with Crippen LogP contribution >= 0.6 is 0 Å². The summed E-state index contributed by atoms with van der Waals surface area (Å²) in [6.45, 7) is 0.650. The molecule has 0 saturated carbocycles. The second kappa shape index (κ2) is 4.54. The number of amides is 1. The number of carboxylic acid groups (broad SMARTS) is 1. The van der Waals surface area contributed by atoms with Gasteiger partial charge in [-0.3, -0.25) is 13.8 Å². The van der Waals surface area contributed by atoms with Crippen LogP contribution in [0.5, 0.6) is 0 Å². The molecule has 14 heavy (non-hydrogen) atoms. The van der Waals surface area contributed by atoms with Crippen molar-refractivity contribution in [2.45, 2.75) is 6.42 Å². The lowest BCUT2D eigenvalue weighted by Gasteiger charge is -2.14. The molecule has 2 unspecified atom stereocenters. The molecule has 6 heteroatoms. The fourth-order valence-corrected chi connectivity index (χ4v) is 1.87. The van der Waals surface area contributed by atoms with Crippen LogP contribution in [0.1, 0.15) is 6.42 Å². The number of rotatable bonds is 4. The zero-order chi connectivity index (χ0) is 10.7. The molecule has 0 aliphatic carbocycles. The van der Waals surface area contributed by atoms with E-state index in [9.17, 15) is 13.8 Å². The molecule has 1 fully saturated rings. The van der Waals surface area contributed by atoms with Crippen LogP contribution in [0.2, 0.25) is 0 Å². The van der Waals surface area contributed by atoms with E-state index in [4.69, 9.17) is 5.11 Å². The van der Waals surface area contributed by atoms with Crippen LogP contribution in [0.15, 0.2) is 0 Å². The third-order valence-electron chi connectivity index (χ3n) is 2.21. The number of hydrogen-bond acceptors (Lipinski definition) is 3. The molecule has 1 aliphatic heterocycles. The number of nitrogens with zero attached hydrogens (tertiary/aromatic N) is 1. The van der Waals surface area contributed by atoms with E-state index in [1.165, 1.54) is 4.90 Å². The van der Waals surface area contributed by atoms with Crippen LogP contribution in [0.4, 0.5) is 0 Å². The highest BCUT2D eigenvalue weighted by atomic mass is 32.2. The molecule has 1 amide bonds. The van der Waals surface area contributed by atoms with Gasteiger partial charge in [-0.15, -0.1) is 0 Å². The van der Waals surface area contributed by atoms with Crippen LogP contribution in [0, 0.1) is 5.92 Å². The Hall–Kier alpha value is -0.910. The molecule has 1 N–H and O–H groups in total. The molecule has 0 spiro atoms. The fourth-order valence-electron chi connectivity index (χ4n) is 1.39. The maximum atomic E-state index is 11.3. The number of carboxylic acids is 1. The topological polar surface area (TPSA) is 74.7 Å². The van der Waals surface area contributed by atoms with Crippen molar-refractivity contribution < 1.29 is 18.9 Å². The predicted molar refractivity (Wildman–Crippen MR) is 51.3 cm³/mol. The van der Waals surface area contributed by atoms with Crippen LogP contribution in [-0.4, -0.2) is 51.2 Å². The van der Waals surface area contributed by atoms with Crippen molar-refractivity contribution in [2.24, 2.45) is 5.92 Å². The Morgan fingerprint density at radius 1 is 1.71 bits per heavy atom. The molecule has 80 valence electrons. The van der Waals surface area contributed by atoms with Gasteiger partial charge in [-0.2, -0.15) is 0 Å². The molecule has 1 aliphatic rings.